The van der Waals surface area contributed by atoms with Crippen molar-refractivity contribution < 1.29 is 103 Å². The largest absolute Gasteiger partial charge is 0.496 e. The molecule has 0 aromatic heterocycles. The fraction of sp³-hybridized carbons (Fsp3) is 0.522. The van der Waals surface area contributed by atoms with Gasteiger partial charge in [0.25, 0.3) is 22.7 Å². The van der Waals surface area contributed by atoms with Crippen LogP contribution >= 0.6 is 23.2 Å². The van der Waals surface area contributed by atoms with Gasteiger partial charge in [-0.1, -0.05) is 0 Å². The number of carbonyl (C=O) groups is 10. The van der Waals surface area contributed by atoms with Crippen LogP contribution in [0.4, 0.5) is 56.9 Å². The van der Waals surface area contributed by atoms with Crippen LogP contribution in [0.5, 0.6) is 11.5 Å². The minimum atomic E-state index is -5.49. The van der Waals surface area contributed by atoms with Gasteiger partial charge in [-0.2, -0.15) is 26.3 Å². The standard InChI is InChI=1S/C44H44F6N10O16.C2H4Cl2/c1-7-73-31(63)39-41(33(65)75-9-3)57-19-58-36(68)54-16-22-24(28(72-6)14-12-26(22)52-30(62)44(48,49)50)18-56-38(70)60(42(58,34(66)76-10-4)40(54,56)32(64)74-8-2)20-59(41)37(69)55(39)17-23-21(15-53(39)35(57)67)25(11-13-27(23)71-5)51-29(61)43(45,46)47;3-1-2-4/h11-14H,7-10,15-20H2,1-6H3,(H,51,61)(H,52,62);1-2H2/t39-,40+,41+,42-;. The summed E-state index contributed by atoms with van der Waals surface area (Å²) < 4.78 is 117. The molecule has 2 aromatic carbocycles. The van der Waals surface area contributed by atoms with Crippen molar-refractivity contribution in [3.63, 3.8) is 0 Å². The van der Waals surface area contributed by atoms with E-state index in [2.05, 4.69) is 0 Å². The number of nitrogens with one attached hydrogen (secondary N) is 2. The summed E-state index contributed by atoms with van der Waals surface area (Å²) in [6, 6.07) is -1.86. The Morgan fingerprint density at radius 3 is 0.938 bits per heavy atom. The number of ether oxygens (including phenoxy) is 6. The number of alkyl halides is 8. The Kier molecular flexibility index (Phi) is 15.0. The third-order valence-electron chi connectivity index (χ3n) is 14.3. The quantitative estimate of drug-likeness (QED) is 0.125. The van der Waals surface area contributed by atoms with E-state index in [0.717, 1.165) is 38.5 Å². The van der Waals surface area contributed by atoms with Crippen molar-refractivity contribution in [2.24, 2.45) is 0 Å². The number of benzene rings is 2. The van der Waals surface area contributed by atoms with Gasteiger partial charge in [-0.25, -0.2) is 38.4 Å². The molecule has 434 valence electrons. The van der Waals surface area contributed by atoms with Crippen molar-refractivity contribution in [3.05, 3.63) is 46.5 Å². The Labute approximate surface area is 458 Å². The number of anilines is 2. The second-order valence-corrected chi connectivity index (χ2v) is 18.6. The lowest BCUT2D eigenvalue weighted by molar-refractivity contribution is -0.209. The Morgan fingerprint density at radius 1 is 0.463 bits per heavy atom. The molecule has 9 rings (SSSR count). The van der Waals surface area contributed by atoms with E-state index in [9.17, 15) is 35.9 Å². The van der Waals surface area contributed by atoms with Crippen LogP contribution in [0.3, 0.4) is 0 Å². The van der Waals surface area contributed by atoms with Gasteiger partial charge in [0.2, 0.25) is 0 Å². The SMILES string of the molecule is CCOC(=O)[C@@]12N3CN4C(=O)N5Cc6c(NC(=O)C(F)(F)F)ccc(OC)c6CN6C(=O)N(CN1C(=O)N1Cc7c(OC)ccc(NC(=O)C(F)(F)F)c7CN(C3=O)[C@@]12C(=O)OCC)[C@@]4(C(=O)OCC)[C@]56C(=O)OCC.ClCCCl. The minimum Gasteiger partial charge on any atom is -0.496 e. The maximum absolute atomic E-state index is 15.9. The maximum Gasteiger partial charge on any atom is 0.471 e. The van der Waals surface area contributed by atoms with E-state index in [-0.39, 0.29) is 33.8 Å². The molecule has 7 aliphatic rings. The average molecular weight is 1180 g/mol. The molecule has 0 bridgehead atoms. The number of nitrogens with zero attached hydrogens (tertiary/aromatic N) is 8. The molecule has 0 unspecified atom stereocenters. The number of rotatable bonds is 13. The normalized spacial score (nSPS) is 24.0. The summed E-state index contributed by atoms with van der Waals surface area (Å²) in [4.78, 5) is 155. The van der Waals surface area contributed by atoms with E-state index in [4.69, 9.17) is 51.6 Å². The van der Waals surface area contributed by atoms with Crippen LogP contribution in [0.1, 0.15) is 49.9 Å². The van der Waals surface area contributed by atoms with Crippen molar-refractivity contribution in [1.29, 1.82) is 0 Å². The number of esters is 4. The van der Waals surface area contributed by atoms with Crippen LogP contribution in [0.15, 0.2) is 24.3 Å². The zero-order valence-electron chi connectivity index (χ0n) is 42.9. The van der Waals surface area contributed by atoms with E-state index in [1.807, 2.05) is 0 Å². The van der Waals surface area contributed by atoms with Gasteiger partial charge < -0.3 is 39.1 Å². The van der Waals surface area contributed by atoms with Crippen molar-refractivity contribution in [3.8, 4) is 11.5 Å². The van der Waals surface area contributed by atoms with Crippen LogP contribution in [0.2, 0.25) is 0 Å². The van der Waals surface area contributed by atoms with Gasteiger partial charge >= 0.3 is 72.2 Å². The first-order chi connectivity index (χ1) is 37.8. The minimum absolute atomic E-state index is 0.190. The molecule has 0 saturated carbocycles. The molecule has 2 aromatic rings. The topological polar surface area (TPSA) is 276 Å². The predicted octanol–water partition coefficient (Wildman–Crippen LogP) is 3.81. The van der Waals surface area contributed by atoms with E-state index >= 15 is 38.4 Å². The number of halogens is 8. The molecular formula is C46H48Cl2F6N10O16. The van der Waals surface area contributed by atoms with Gasteiger partial charge in [-0.3, -0.25) is 48.8 Å². The lowest BCUT2D eigenvalue weighted by atomic mass is 9.88. The number of amides is 10. The number of hydrogen-bond acceptors (Lipinski definition) is 16. The lowest BCUT2D eigenvalue weighted by Crippen LogP contribution is -2.81. The summed E-state index contributed by atoms with van der Waals surface area (Å²) in [6.07, 6.45) is -11.0. The number of fused-ring (bicyclic) bond motifs is 2. The fourth-order valence-electron chi connectivity index (χ4n) is 11.5. The maximum atomic E-state index is 15.9. The van der Waals surface area contributed by atoms with Crippen LogP contribution in [0, 0.1) is 0 Å². The summed E-state index contributed by atoms with van der Waals surface area (Å²) in [5.41, 5.74) is -15.6. The highest BCUT2D eigenvalue weighted by Gasteiger charge is 2.93. The monoisotopic (exact) mass is 1180 g/mol. The van der Waals surface area contributed by atoms with Crippen molar-refractivity contribution in [2.45, 2.75) is 88.9 Å². The Hall–Kier alpha value is -7.90. The second-order valence-electron chi connectivity index (χ2n) is 17.9. The molecule has 26 nitrogen and oxygen atoms in total. The molecular weight excluding hydrogens is 1130 g/mol. The summed E-state index contributed by atoms with van der Waals surface area (Å²) in [5, 5.41) is 3.44. The molecule has 5 saturated heterocycles. The molecule has 10 amide bonds. The first kappa shape index (κ1) is 58.3. The fourth-order valence-corrected chi connectivity index (χ4v) is 11.5. The molecule has 4 atom stereocenters. The lowest BCUT2D eigenvalue weighted by Gasteiger charge is -2.51. The van der Waals surface area contributed by atoms with Crippen LogP contribution in [0.25, 0.3) is 0 Å². The van der Waals surface area contributed by atoms with E-state index < -0.39 is 172 Å². The summed E-state index contributed by atoms with van der Waals surface area (Å²) in [5.74, 6) is -10.7. The smallest absolute Gasteiger partial charge is 0.471 e. The van der Waals surface area contributed by atoms with Gasteiger partial charge in [0.05, 0.1) is 66.8 Å². The van der Waals surface area contributed by atoms with Crippen LogP contribution in [-0.4, -0.2) is 200 Å². The molecule has 5 fully saturated rings. The molecule has 0 radical (unpaired) electrons. The molecule has 0 aliphatic carbocycles. The highest BCUT2D eigenvalue weighted by Crippen LogP contribution is 2.62. The summed E-state index contributed by atoms with van der Waals surface area (Å²) in [7, 11) is 2.25. The van der Waals surface area contributed by atoms with Crippen molar-refractivity contribution in [1.82, 2.24) is 39.2 Å². The first-order valence-corrected chi connectivity index (χ1v) is 25.1. The first-order valence-electron chi connectivity index (χ1n) is 24.1. The molecule has 80 heavy (non-hydrogen) atoms. The third kappa shape index (κ3) is 7.66. The third-order valence-corrected chi connectivity index (χ3v) is 14.9. The van der Waals surface area contributed by atoms with Crippen LogP contribution in [-0.2, 0) is 73.9 Å². The van der Waals surface area contributed by atoms with Gasteiger partial charge in [-0.05, 0) is 52.0 Å². The van der Waals surface area contributed by atoms with Gasteiger partial charge in [-0.15, -0.1) is 23.2 Å². The predicted molar refractivity (Wildman–Crippen MR) is 255 cm³/mol. The van der Waals surface area contributed by atoms with Gasteiger partial charge in [0.1, 0.15) is 24.8 Å². The molecule has 7 aliphatic heterocycles. The zero-order chi connectivity index (χ0) is 59.0. The molecule has 34 heteroatoms. The number of urea groups is 4. The number of hydrogen-bond donors (Lipinski definition) is 2. The Bertz CT molecular complexity index is 2820. The zero-order valence-corrected chi connectivity index (χ0v) is 44.4. The average Bonchev–Trinajstić information content (AvgIpc) is 4.03. The molecule has 2 N–H and O–H groups in total. The van der Waals surface area contributed by atoms with E-state index in [1.165, 1.54) is 27.7 Å². The van der Waals surface area contributed by atoms with Crippen molar-refractivity contribution in [2.75, 3.05) is 76.4 Å². The number of carbonyl (C=O) groups excluding carboxylic acids is 10. The summed E-state index contributed by atoms with van der Waals surface area (Å²) in [6.45, 7) is -4.22. The molecule has 0 spiro atoms. The highest BCUT2D eigenvalue weighted by atomic mass is 35.5. The van der Waals surface area contributed by atoms with Crippen LogP contribution < -0.4 is 20.1 Å². The molecule has 7 heterocycles. The van der Waals surface area contributed by atoms with Gasteiger partial charge in [0, 0.05) is 45.4 Å². The van der Waals surface area contributed by atoms with E-state index in [1.54, 1.807) is 10.6 Å². The highest BCUT2D eigenvalue weighted by molar-refractivity contribution is 6.26. The van der Waals surface area contributed by atoms with Gasteiger partial charge in [0.15, 0.2) is 0 Å². The number of methoxy groups -OCH3 is 2. The Morgan fingerprint density at radius 2 is 0.713 bits per heavy atom. The second kappa shape index (κ2) is 20.6. The Balaban J connectivity index is 0.00000203. The van der Waals surface area contributed by atoms with E-state index in [0.29, 0.717) is 51.0 Å². The van der Waals surface area contributed by atoms with Crippen molar-refractivity contribution >= 4 is 94.4 Å². The summed E-state index contributed by atoms with van der Waals surface area (Å²) >= 11 is 10.1.